The van der Waals surface area contributed by atoms with Crippen LogP contribution in [-0.4, -0.2) is 19.2 Å². The normalized spacial score (nSPS) is 11.0. The Labute approximate surface area is 160 Å². The third kappa shape index (κ3) is 3.98. The van der Waals surface area contributed by atoms with Crippen LogP contribution in [-0.2, 0) is 0 Å². The molecule has 0 spiro atoms. The highest BCUT2D eigenvalue weighted by atomic mass is 35.5. The van der Waals surface area contributed by atoms with Gasteiger partial charge in [0.2, 0.25) is 0 Å². The number of ether oxygens (including phenoxy) is 2. The van der Waals surface area contributed by atoms with Crippen molar-refractivity contribution >= 4 is 46.7 Å². The first-order valence-electron chi connectivity index (χ1n) is 7.42. The molecule has 6 heteroatoms. The van der Waals surface area contributed by atoms with E-state index in [1.54, 1.807) is 25.6 Å². The summed E-state index contributed by atoms with van der Waals surface area (Å²) in [6.07, 6.45) is 3.78. The van der Waals surface area contributed by atoms with Crippen molar-refractivity contribution < 1.29 is 9.47 Å². The third-order valence-corrected chi connectivity index (χ3v) is 5.06. The smallest absolute Gasteiger partial charge is 0.161 e. The van der Waals surface area contributed by atoms with Crippen LogP contribution in [0.2, 0.25) is 10.0 Å². The lowest BCUT2D eigenvalue weighted by Gasteiger charge is -2.08. The molecule has 2 aromatic carbocycles. The summed E-state index contributed by atoms with van der Waals surface area (Å²) in [6, 6.07) is 11.2. The van der Waals surface area contributed by atoms with Gasteiger partial charge in [-0.25, -0.2) is 4.98 Å². The van der Waals surface area contributed by atoms with Crippen LogP contribution in [0.15, 0.2) is 41.8 Å². The largest absolute Gasteiger partial charge is 0.493 e. The van der Waals surface area contributed by atoms with Gasteiger partial charge in [-0.3, -0.25) is 0 Å². The summed E-state index contributed by atoms with van der Waals surface area (Å²) in [7, 11) is 3.23. The van der Waals surface area contributed by atoms with Crippen molar-refractivity contribution in [3.05, 3.63) is 62.4 Å². The Hall–Kier alpha value is -2.01. The third-order valence-electron chi connectivity index (χ3n) is 3.59. The minimum Gasteiger partial charge on any atom is -0.493 e. The first-order valence-corrected chi connectivity index (χ1v) is 9.06. The van der Waals surface area contributed by atoms with Gasteiger partial charge in [-0.1, -0.05) is 29.3 Å². The van der Waals surface area contributed by atoms with Crippen molar-refractivity contribution in [1.29, 1.82) is 0 Å². The Morgan fingerprint density at radius 2 is 1.68 bits per heavy atom. The summed E-state index contributed by atoms with van der Waals surface area (Å²) in [5, 5.41) is 4.08. The van der Waals surface area contributed by atoms with E-state index in [9.17, 15) is 0 Å². The molecule has 0 aliphatic rings. The molecule has 0 saturated heterocycles. The van der Waals surface area contributed by atoms with Gasteiger partial charge in [-0.15, -0.1) is 11.3 Å². The maximum Gasteiger partial charge on any atom is 0.161 e. The standard InChI is InChI=1S/C19H15Cl2NO2S/c1-23-17-8-6-12(10-18(17)24-2)16-11-25-19(22-16)9-7-13-14(20)4-3-5-15(13)21/h3-11H,1-2H3. The summed E-state index contributed by atoms with van der Waals surface area (Å²) >= 11 is 13.9. The van der Waals surface area contributed by atoms with Gasteiger partial charge in [0.05, 0.1) is 19.9 Å². The fourth-order valence-electron chi connectivity index (χ4n) is 2.32. The second-order valence-corrected chi connectivity index (χ2v) is 6.81. The second kappa shape index (κ2) is 7.91. The van der Waals surface area contributed by atoms with Crippen LogP contribution < -0.4 is 9.47 Å². The molecule has 0 aliphatic heterocycles. The summed E-state index contributed by atoms with van der Waals surface area (Å²) in [5.74, 6) is 1.36. The molecule has 0 radical (unpaired) electrons. The number of methoxy groups -OCH3 is 2. The van der Waals surface area contributed by atoms with Crippen molar-refractivity contribution in [2.24, 2.45) is 0 Å². The monoisotopic (exact) mass is 391 g/mol. The number of hydrogen-bond acceptors (Lipinski definition) is 4. The van der Waals surface area contributed by atoms with Crippen LogP contribution in [0.1, 0.15) is 10.6 Å². The van der Waals surface area contributed by atoms with Crippen molar-refractivity contribution in [1.82, 2.24) is 4.98 Å². The lowest BCUT2D eigenvalue weighted by molar-refractivity contribution is 0.355. The number of rotatable bonds is 5. The maximum absolute atomic E-state index is 6.18. The molecule has 0 saturated carbocycles. The van der Waals surface area contributed by atoms with Gasteiger partial charge in [0.15, 0.2) is 11.5 Å². The highest BCUT2D eigenvalue weighted by Crippen LogP contribution is 2.33. The molecule has 0 amide bonds. The lowest BCUT2D eigenvalue weighted by Crippen LogP contribution is -1.90. The highest BCUT2D eigenvalue weighted by molar-refractivity contribution is 7.10. The highest BCUT2D eigenvalue weighted by Gasteiger charge is 2.09. The van der Waals surface area contributed by atoms with Gasteiger partial charge in [0, 0.05) is 26.6 Å². The number of hydrogen-bond donors (Lipinski definition) is 0. The van der Waals surface area contributed by atoms with E-state index in [0.29, 0.717) is 21.5 Å². The second-order valence-electron chi connectivity index (χ2n) is 5.11. The molecule has 3 aromatic rings. The quantitative estimate of drug-likeness (QED) is 0.510. The molecule has 0 N–H and O–H groups in total. The zero-order valence-electron chi connectivity index (χ0n) is 13.6. The predicted octanol–water partition coefficient (Wildman–Crippen LogP) is 6.30. The van der Waals surface area contributed by atoms with Crippen molar-refractivity contribution in [3.8, 4) is 22.8 Å². The predicted molar refractivity (Wildman–Crippen MR) is 106 cm³/mol. The van der Waals surface area contributed by atoms with Crippen LogP contribution in [0.5, 0.6) is 11.5 Å². The van der Waals surface area contributed by atoms with E-state index < -0.39 is 0 Å². The van der Waals surface area contributed by atoms with Gasteiger partial charge in [0.25, 0.3) is 0 Å². The fraction of sp³-hybridized carbons (Fsp3) is 0.105. The van der Waals surface area contributed by atoms with E-state index in [1.165, 1.54) is 0 Å². The van der Waals surface area contributed by atoms with Crippen LogP contribution in [0.4, 0.5) is 0 Å². The van der Waals surface area contributed by atoms with Crippen molar-refractivity contribution in [2.45, 2.75) is 0 Å². The number of benzene rings is 2. The first-order chi connectivity index (χ1) is 12.1. The van der Waals surface area contributed by atoms with E-state index in [2.05, 4.69) is 4.98 Å². The maximum atomic E-state index is 6.18. The van der Waals surface area contributed by atoms with Crippen LogP contribution in [0.3, 0.4) is 0 Å². The average molecular weight is 392 g/mol. The van der Waals surface area contributed by atoms with Gasteiger partial charge in [-0.05, 0) is 42.5 Å². The van der Waals surface area contributed by atoms with Gasteiger partial charge in [0.1, 0.15) is 5.01 Å². The molecule has 1 heterocycles. The molecule has 0 atom stereocenters. The number of aromatic nitrogens is 1. The minimum absolute atomic E-state index is 0.612. The summed E-state index contributed by atoms with van der Waals surface area (Å²) in [4.78, 5) is 4.63. The Kier molecular flexibility index (Phi) is 5.63. The Bertz CT molecular complexity index is 901. The topological polar surface area (TPSA) is 31.4 Å². The Balaban J connectivity index is 1.87. The summed E-state index contributed by atoms with van der Waals surface area (Å²) in [5.41, 5.74) is 2.62. The van der Waals surface area contributed by atoms with E-state index >= 15 is 0 Å². The zero-order valence-corrected chi connectivity index (χ0v) is 16.0. The number of thiazole rings is 1. The van der Waals surface area contributed by atoms with E-state index in [-0.39, 0.29) is 0 Å². The molecular weight excluding hydrogens is 377 g/mol. The van der Waals surface area contributed by atoms with Crippen molar-refractivity contribution in [3.63, 3.8) is 0 Å². The fourth-order valence-corrected chi connectivity index (χ4v) is 3.56. The van der Waals surface area contributed by atoms with Crippen LogP contribution in [0, 0.1) is 0 Å². The van der Waals surface area contributed by atoms with Crippen molar-refractivity contribution in [2.75, 3.05) is 14.2 Å². The Morgan fingerprint density at radius 3 is 2.36 bits per heavy atom. The van der Waals surface area contributed by atoms with E-state index in [4.69, 9.17) is 32.7 Å². The molecule has 3 nitrogen and oxygen atoms in total. The molecule has 0 bridgehead atoms. The molecule has 0 unspecified atom stereocenters. The molecule has 1 aromatic heterocycles. The molecule has 128 valence electrons. The zero-order chi connectivity index (χ0) is 17.8. The molecule has 0 aliphatic carbocycles. The Morgan fingerprint density at radius 1 is 0.960 bits per heavy atom. The molecule has 25 heavy (non-hydrogen) atoms. The van der Waals surface area contributed by atoms with Gasteiger partial charge in [-0.2, -0.15) is 0 Å². The number of halogens is 2. The molecular formula is C19H15Cl2NO2S. The molecule has 0 fully saturated rings. The van der Waals surface area contributed by atoms with Crippen LogP contribution in [0.25, 0.3) is 23.4 Å². The average Bonchev–Trinajstić information content (AvgIpc) is 3.09. The lowest BCUT2D eigenvalue weighted by atomic mass is 10.1. The van der Waals surface area contributed by atoms with Gasteiger partial charge < -0.3 is 9.47 Å². The van der Waals surface area contributed by atoms with E-state index in [1.807, 2.05) is 53.9 Å². The summed E-state index contributed by atoms with van der Waals surface area (Å²) in [6.45, 7) is 0. The van der Waals surface area contributed by atoms with Gasteiger partial charge >= 0.3 is 0 Å². The minimum atomic E-state index is 0.612. The number of nitrogens with zero attached hydrogens (tertiary/aromatic N) is 1. The van der Waals surface area contributed by atoms with E-state index in [0.717, 1.165) is 21.8 Å². The summed E-state index contributed by atoms with van der Waals surface area (Å²) < 4.78 is 10.6. The first kappa shape index (κ1) is 17.8. The SMILES string of the molecule is COc1ccc(-c2csc(C=Cc3c(Cl)cccc3Cl)n2)cc1OC. The molecule has 3 rings (SSSR count). The van der Waals surface area contributed by atoms with Crippen LogP contribution >= 0.6 is 34.5 Å².